The summed E-state index contributed by atoms with van der Waals surface area (Å²) >= 11 is 0. The molecule has 1 aromatic rings. The number of benzene rings is 1. The molecule has 106 valence electrons. The van der Waals surface area contributed by atoms with E-state index >= 15 is 0 Å². The first-order valence-electron chi connectivity index (χ1n) is 7.05. The minimum Gasteiger partial charge on any atom is -0.494 e. The summed E-state index contributed by atoms with van der Waals surface area (Å²) in [5.41, 5.74) is 7.95. The molecular weight excluding hydrogens is 238 g/mol. The van der Waals surface area contributed by atoms with Gasteiger partial charge in [-0.05, 0) is 39.9 Å². The zero-order valence-electron chi connectivity index (χ0n) is 12.2. The smallest absolute Gasteiger partial charge is 0.123 e. The van der Waals surface area contributed by atoms with Gasteiger partial charge in [-0.3, -0.25) is 0 Å². The van der Waals surface area contributed by atoms with Crippen molar-refractivity contribution in [2.75, 3.05) is 44.4 Å². The molecule has 0 amide bonds. The topological polar surface area (TPSA) is 41.7 Å². The lowest BCUT2D eigenvalue weighted by molar-refractivity contribution is 0.340. The van der Waals surface area contributed by atoms with Crippen molar-refractivity contribution >= 4 is 11.4 Å². The second-order valence-corrected chi connectivity index (χ2v) is 5.44. The first-order valence-corrected chi connectivity index (χ1v) is 7.05. The molecule has 1 fully saturated rings. The van der Waals surface area contributed by atoms with Crippen molar-refractivity contribution in [3.63, 3.8) is 0 Å². The fourth-order valence-corrected chi connectivity index (χ4v) is 2.81. The third kappa shape index (κ3) is 3.53. The molecular formula is C15H25N3O. The Balaban J connectivity index is 2.19. The molecule has 1 saturated heterocycles. The van der Waals surface area contributed by atoms with E-state index in [4.69, 9.17) is 10.5 Å². The normalized spacial score (nSPS) is 19.2. The number of nitrogens with two attached hydrogens (primary N) is 1. The fourth-order valence-electron chi connectivity index (χ4n) is 2.81. The van der Waals surface area contributed by atoms with Crippen LogP contribution in [0.5, 0.6) is 5.75 Å². The van der Waals surface area contributed by atoms with E-state index in [-0.39, 0.29) is 0 Å². The van der Waals surface area contributed by atoms with Crippen molar-refractivity contribution < 1.29 is 4.74 Å². The minimum atomic E-state index is 0.575. The molecule has 1 atom stereocenters. The van der Waals surface area contributed by atoms with Gasteiger partial charge in [-0.15, -0.1) is 0 Å². The highest BCUT2D eigenvalue weighted by Crippen LogP contribution is 2.31. The van der Waals surface area contributed by atoms with Crippen LogP contribution in [0.4, 0.5) is 11.4 Å². The van der Waals surface area contributed by atoms with Gasteiger partial charge in [-0.25, -0.2) is 0 Å². The molecule has 1 heterocycles. The lowest BCUT2D eigenvalue weighted by Gasteiger charge is -2.29. The molecule has 1 aliphatic heterocycles. The summed E-state index contributed by atoms with van der Waals surface area (Å²) in [6, 6.07) is 6.63. The molecule has 0 radical (unpaired) electrons. The monoisotopic (exact) mass is 263 g/mol. The number of anilines is 2. The van der Waals surface area contributed by atoms with E-state index in [1.165, 1.54) is 18.5 Å². The quantitative estimate of drug-likeness (QED) is 0.827. The number of nitrogen functional groups attached to an aromatic ring is 1. The lowest BCUT2D eigenvalue weighted by Crippen LogP contribution is -2.37. The van der Waals surface area contributed by atoms with Gasteiger partial charge in [0.1, 0.15) is 5.75 Å². The summed E-state index contributed by atoms with van der Waals surface area (Å²) in [7, 11) is 4.25. The van der Waals surface area contributed by atoms with Crippen LogP contribution in [-0.2, 0) is 0 Å². The Morgan fingerprint density at radius 2 is 2.16 bits per heavy atom. The number of rotatable bonds is 5. The first kappa shape index (κ1) is 14.0. The number of ether oxygens (including phenoxy) is 1. The summed E-state index contributed by atoms with van der Waals surface area (Å²) in [6.07, 6.45) is 2.49. The Kier molecular flexibility index (Phi) is 4.53. The Morgan fingerprint density at radius 1 is 1.37 bits per heavy atom. The molecule has 2 rings (SSSR count). The van der Waals surface area contributed by atoms with Crippen LogP contribution >= 0.6 is 0 Å². The maximum atomic E-state index is 5.99. The van der Waals surface area contributed by atoms with Gasteiger partial charge in [-0.1, -0.05) is 0 Å². The summed E-state index contributed by atoms with van der Waals surface area (Å²) < 4.78 is 5.59. The van der Waals surface area contributed by atoms with Crippen molar-refractivity contribution in [2.24, 2.45) is 0 Å². The molecule has 1 aromatic carbocycles. The molecule has 1 unspecified atom stereocenters. The number of likely N-dealkylation sites (N-methyl/N-ethyl adjacent to an activating group) is 1. The average molecular weight is 263 g/mol. The van der Waals surface area contributed by atoms with Gasteiger partial charge in [-0.2, -0.15) is 0 Å². The van der Waals surface area contributed by atoms with Crippen LogP contribution in [0.3, 0.4) is 0 Å². The summed E-state index contributed by atoms with van der Waals surface area (Å²) in [6.45, 7) is 4.85. The van der Waals surface area contributed by atoms with E-state index in [0.717, 1.165) is 24.5 Å². The third-order valence-corrected chi connectivity index (χ3v) is 3.51. The zero-order valence-corrected chi connectivity index (χ0v) is 12.2. The summed E-state index contributed by atoms with van der Waals surface area (Å²) in [5, 5.41) is 0. The van der Waals surface area contributed by atoms with Crippen molar-refractivity contribution in [3.8, 4) is 5.75 Å². The van der Waals surface area contributed by atoms with Crippen molar-refractivity contribution in [1.82, 2.24) is 4.90 Å². The molecule has 19 heavy (non-hydrogen) atoms. The first-order chi connectivity index (χ1) is 9.10. The largest absolute Gasteiger partial charge is 0.494 e. The Labute approximate surface area is 116 Å². The second-order valence-electron chi connectivity index (χ2n) is 5.44. The minimum absolute atomic E-state index is 0.575. The second kappa shape index (κ2) is 6.15. The van der Waals surface area contributed by atoms with Crippen LogP contribution in [0.15, 0.2) is 18.2 Å². The van der Waals surface area contributed by atoms with Crippen molar-refractivity contribution in [3.05, 3.63) is 18.2 Å². The lowest BCUT2D eigenvalue weighted by atomic mass is 10.2. The molecule has 0 aliphatic carbocycles. The molecule has 4 nitrogen and oxygen atoms in total. The van der Waals surface area contributed by atoms with Crippen LogP contribution in [0, 0.1) is 0 Å². The standard InChI is InChI=1S/C15H25N3O/c1-4-19-15-9-12(16)8-14(10-15)18-7-5-6-13(18)11-17(2)3/h8-10,13H,4-7,11,16H2,1-3H3. The van der Waals surface area contributed by atoms with E-state index in [1.807, 2.05) is 13.0 Å². The highest BCUT2D eigenvalue weighted by molar-refractivity contribution is 5.61. The molecule has 0 bridgehead atoms. The molecule has 0 aromatic heterocycles. The Bertz CT molecular complexity index is 420. The van der Waals surface area contributed by atoms with Gasteiger partial charge in [0.05, 0.1) is 6.61 Å². The van der Waals surface area contributed by atoms with E-state index < -0.39 is 0 Å². The summed E-state index contributed by atoms with van der Waals surface area (Å²) in [4.78, 5) is 4.71. The van der Waals surface area contributed by atoms with Gasteiger partial charge < -0.3 is 20.3 Å². The van der Waals surface area contributed by atoms with Crippen LogP contribution in [0.1, 0.15) is 19.8 Å². The van der Waals surface area contributed by atoms with E-state index in [1.54, 1.807) is 0 Å². The van der Waals surface area contributed by atoms with Gasteiger partial charge in [0.2, 0.25) is 0 Å². The van der Waals surface area contributed by atoms with E-state index in [9.17, 15) is 0 Å². The maximum absolute atomic E-state index is 5.99. The molecule has 1 aliphatic rings. The number of nitrogens with zero attached hydrogens (tertiary/aromatic N) is 2. The van der Waals surface area contributed by atoms with Crippen molar-refractivity contribution in [2.45, 2.75) is 25.8 Å². The Morgan fingerprint density at radius 3 is 2.84 bits per heavy atom. The van der Waals surface area contributed by atoms with Crippen LogP contribution in [0.25, 0.3) is 0 Å². The van der Waals surface area contributed by atoms with E-state index in [2.05, 4.69) is 36.0 Å². The predicted octanol–water partition coefficient (Wildman–Crippen LogP) is 2.20. The number of hydrogen-bond donors (Lipinski definition) is 1. The average Bonchev–Trinajstić information content (AvgIpc) is 2.75. The highest BCUT2D eigenvalue weighted by Gasteiger charge is 2.25. The molecule has 0 saturated carbocycles. The van der Waals surface area contributed by atoms with Gasteiger partial charge >= 0.3 is 0 Å². The maximum Gasteiger partial charge on any atom is 0.123 e. The fraction of sp³-hybridized carbons (Fsp3) is 0.600. The van der Waals surface area contributed by atoms with Gasteiger partial charge in [0.15, 0.2) is 0 Å². The highest BCUT2D eigenvalue weighted by atomic mass is 16.5. The Hall–Kier alpha value is -1.42. The van der Waals surface area contributed by atoms with E-state index in [0.29, 0.717) is 12.6 Å². The summed E-state index contributed by atoms with van der Waals surface area (Å²) in [5.74, 6) is 0.869. The van der Waals surface area contributed by atoms with Gasteiger partial charge in [0.25, 0.3) is 0 Å². The van der Waals surface area contributed by atoms with Crippen molar-refractivity contribution in [1.29, 1.82) is 0 Å². The predicted molar refractivity (Wildman–Crippen MR) is 80.9 cm³/mol. The van der Waals surface area contributed by atoms with Crippen LogP contribution < -0.4 is 15.4 Å². The molecule has 4 heteroatoms. The van der Waals surface area contributed by atoms with Crippen LogP contribution in [0.2, 0.25) is 0 Å². The van der Waals surface area contributed by atoms with Crippen LogP contribution in [-0.4, -0.2) is 44.7 Å². The zero-order chi connectivity index (χ0) is 13.8. The van der Waals surface area contributed by atoms with Gasteiger partial charge in [0, 0.05) is 42.6 Å². The SMILES string of the molecule is CCOc1cc(N)cc(N2CCCC2CN(C)C)c1. The molecule has 2 N–H and O–H groups in total. The number of hydrogen-bond acceptors (Lipinski definition) is 4. The third-order valence-electron chi connectivity index (χ3n) is 3.51. The molecule has 0 spiro atoms.